The minimum atomic E-state index is -0.213. The van der Waals surface area contributed by atoms with E-state index in [-0.39, 0.29) is 17.6 Å². The number of carbonyl (C=O) groups excluding carboxylic acids is 1. The van der Waals surface area contributed by atoms with Gasteiger partial charge in [-0.05, 0) is 63.5 Å². The van der Waals surface area contributed by atoms with E-state index in [0.29, 0.717) is 0 Å². The van der Waals surface area contributed by atoms with Crippen molar-refractivity contribution >= 4 is 17.2 Å². The highest BCUT2D eigenvalue weighted by molar-refractivity contribution is 7.11. The van der Waals surface area contributed by atoms with Gasteiger partial charge in [-0.15, -0.1) is 11.3 Å². The minimum Gasteiger partial charge on any atom is -0.362 e. The van der Waals surface area contributed by atoms with Gasteiger partial charge in [-0.1, -0.05) is 0 Å². The van der Waals surface area contributed by atoms with Crippen molar-refractivity contribution in [3.63, 3.8) is 0 Å². The summed E-state index contributed by atoms with van der Waals surface area (Å²) < 4.78 is 6.27. The number of piperidine rings is 1. The molecule has 1 N–H and O–H groups in total. The summed E-state index contributed by atoms with van der Waals surface area (Å²) in [6.07, 6.45) is 6.38. The maximum absolute atomic E-state index is 12.3. The van der Waals surface area contributed by atoms with Gasteiger partial charge in [-0.2, -0.15) is 0 Å². The van der Waals surface area contributed by atoms with E-state index in [1.807, 2.05) is 11.3 Å². The monoisotopic (exact) mass is 348 g/mol. The van der Waals surface area contributed by atoms with E-state index in [4.69, 9.17) is 4.74 Å². The van der Waals surface area contributed by atoms with Crippen LogP contribution < -0.4 is 5.32 Å². The molecular formula is C19H28N2O2S. The number of amides is 1. The van der Waals surface area contributed by atoms with E-state index in [9.17, 15) is 4.79 Å². The van der Waals surface area contributed by atoms with Gasteiger partial charge in [-0.25, -0.2) is 0 Å². The van der Waals surface area contributed by atoms with Crippen molar-refractivity contribution in [2.24, 2.45) is 5.92 Å². The molecule has 3 heterocycles. The Balaban J connectivity index is 1.25. The number of nitrogens with one attached hydrogen (secondary N) is 1. The molecule has 0 bridgehead atoms. The van der Waals surface area contributed by atoms with Crippen LogP contribution in [0.15, 0.2) is 12.1 Å². The molecule has 2 aliphatic heterocycles. The average molecular weight is 349 g/mol. The summed E-state index contributed by atoms with van der Waals surface area (Å²) in [7, 11) is 0. The Labute approximate surface area is 148 Å². The van der Waals surface area contributed by atoms with Crippen LogP contribution in [0.5, 0.6) is 0 Å². The third-order valence-electron chi connectivity index (χ3n) is 5.75. The summed E-state index contributed by atoms with van der Waals surface area (Å²) in [5, 5.41) is 3.08. The molecule has 1 saturated carbocycles. The Morgan fingerprint density at radius 2 is 2.08 bits per heavy atom. The van der Waals surface area contributed by atoms with Gasteiger partial charge in [-0.3, -0.25) is 9.69 Å². The Hall–Kier alpha value is -0.910. The number of ether oxygens (including phenoxy) is 1. The highest BCUT2D eigenvalue weighted by Crippen LogP contribution is 2.39. The molecule has 4 rings (SSSR count). The zero-order valence-corrected chi connectivity index (χ0v) is 15.4. The Bertz CT molecular complexity index is 588. The van der Waals surface area contributed by atoms with Crippen molar-refractivity contribution in [2.75, 3.05) is 19.6 Å². The van der Waals surface area contributed by atoms with E-state index in [2.05, 4.69) is 29.3 Å². The summed E-state index contributed by atoms with van der Waals surface area (Å²) in [5.41, 5.74) is -0.0382. The number of hydrogen-bond donors (Lipinski definition) is 1. The zero-order chi connectivity index (χ0) is 16.6. The summed E-state index contributed by atoms with van der Waals surface area (Å²) in [4.78, 5) is 17.6. The number of rotatable bonds is 5. The molecule has 1 atom stereocenters. The van der Waals surface area contributed by atoms with Crippen molar-refractivity contribution < 1.29 is 9.53 Å². The molecule has 5 heteroatoms. The van der Waals surface area contributed by atoms with Gasteiger partial charge in [0.1, 0.15) is 6.10 Å². The van der Waals surface area contributed by atoms with Crippen LogP contribution >= 0.6 is 11.3 Å². The van der Waals surface area contributed by atoms with Gasteiger partial charge >= 0.3 is 0 Å². The molecule has 1 unspecified atom stereocenters. The van der Waals surface area contributed by atoms with E-state index >= 15 is 0 Å². The minimum absolute atomic E-state index is 0.0382. The fourth-order valence-corrected chi connectivity index (χ4v) is 4.89. The van der Waals surface area contributed by atoms with Gasteiger partial charge in [0.25, 0.3) is 0 Å². The number of thiophene rings is 1. The molecule has 1 amide bonds. The first-order chi connectivity index (χ1) is 11.6. The van der Waals surface area contributed by atoms with Crippen LogP contribution in [-0.4, -0.2) is 42.1 Å². The molecule has 3 aliphatic rings. The number of likely N-dealkylation sites (tertiary alicyclic amines) is 1. The second-order valence-corrected chi connectivity index (χ2v) is 9.18. The smallest absolute Gasteiger partial charge is 0.249 e. The summed E-state index contributed by atoms with van der Waals surface area (Å²) >= 11 is 1.90. The van der Waals surface area contributed by atoms with E-state index < -0.39 is 0 Å². The fourth-order valence-electron chi connectivity index (χ4n) is 3.96. The molecule has 1 aromatic rings. The molecule has 3 fully saturated rings. The van der Waals surface area contributed by atoms with Crippen molar-refractivity contribution in [3.05, 3.63) is 21.9 Å². The van der Waals surface area contributed by atoms with E-state index in [0.717, 1.165) is 57.8 Å². The number of carbonyl (C=O) groups is 1. The van der Waals surface area contributed by atoms with Crippen LogP contribution in [0.3, 0.4) is 0 Å². The number of nitrogens with zero attached hydrogens (tertiary/aromatic N) is 1. The summed E-state index contributed by atoms with van der Waals surface area (Å²) in [6.45, 7) is 6.22. The number of hydrogen-bond acceptors (Lipinski definition) is 4. The van der Waals surface area contributed by atoms with Crippen LogP contribution in [0, 0.1) is 12.8 Å². The molecule has 132 valence electrons. The van der Waals surface area contributed by atoms with Crippen molar-refractivity contribution in [1.82, 2.24) is 10.2 Å². The van der Waals surface area contributed by atoms with E-state index in [1.54, 1.807) is 0 Å². The quantitative estimate of drug-likeness (QED) is 0.889. The molecule has 0 radical (unpaired) electrons. The van der Waals surface area contributed by atoms with Gasteiger partial charge in [0, 0.05) is 35.9 Å². The molecular weight excluding hydrogens is 320 g/mol. The fraction of sp³-hybridized carbons (Fsp3) is 0.737. The Morgan fingerprint density at radius 3 is 2.75 bits per heavy atom. The van der Waals surface area contributed by atoms with Crippen molar-refractivity contribution in [3.8, 4) is 0 Å². The highest BCUT2D eigenvalue weighted by atomic mass is 32.1. The summed E-state index contributed by atoms with van der Waals surface area (Å²) in [6, 6.07) is 4.45. The second kappa shape index (κ2) is 6.77. The van der Waals surface area contributed by atoms with Gasteiger partial charge in [0.15, 0.2) is 0 Å². The van der Waals surface area contributed by atoms with Crippen molar-refractivity contribution in [1.29, 1.82) is 0 Å². The largest absolute Gasteiger partial charge is 0.362 e. The molecule has 1 aromatic heterocycles. The van der Waals surface area contributed by atoms with Crippen molar-refractivity contribution in [2.45, 2.75) is 63.7 Å². The summed E-state index contributed by atoms with van der Waals surface area (Å²) in [5.74, 6) is 0.851. The van der Waals surface area contributed by atoms with Crippen LogP contribution in [0.2, 0.25) is 0 Å². The molecule has 4 nitrogen and oxygen atoms in total. The predicted molar refractivity (Wildman–Crippen MR) is 96.1 cm³/mol. The first-order valence-electron chi connectivity index (χ1n) is 9.35. The van der Waals surface area contributed by atoms with Gasteiger partial charge in [0.05, 0.1) is 5.60 Å². The first-order valence-corrected chi connectivity index (χ1v) is 10.2. The maximum Gasteiger partial charge on any atom is 0.249 e. The molecule has 1 spiro atoms. The second-order valence-electron chi connectivity index (χ2n) is 7.81. The topological polar surface area (TPSA) is 41.6 Å². The normalized spacial score (nSPS) is 26.8. The van der Waals surface area contributed by atoms with E-state index in [1.165, 1.54) is 22.6 Å². The zero-order valence-electron chi connectivity index (χ0n) is 14.6. The third kappa shape index (κ3) is 3.84. The molecule has 1 aliphatic carbocycles. The predicted octanol–water partition coefficient (Wildman–Crippen LogP) is 3.10. The van der Waals surface area contributed by atoms with Crippen LogP contribution in [0.1, 0.15) is 48.3 Å². The van der Waals surface area contributed by atoms with Crippen LogP contribution in [-0.2, 0) is 16.1 Å². The Kier molecular flexibility index (Phi) is 4.67. The maximum atomic E-state index is 12.3. The molecule has 0 aromatic carbocycles. The highest BCUT2D eigenvalue weighted by Gasteiger charge is 2.44. The molecule has 24 heavy (non-hydrogen) atoms. The van der Waals surface area contributed by atoms with Crippen LogP contribution in [0.25, 0.3) is 0 Å². The number of aryl methyl sites for hydroxylation is 1. The lowest BCUT2D eigenvalue weighted by Crippen LogP contribution is -2.45. The Morgan fingerprint density at radius 1 is 1.29 bits per heavy atom. The lowest BCUT2D eigenvalue weighted by molar-refractivity contribution is -0.140. The third-order valence-corrected chi connectivity index (χ3v) is 6.74. The van der Waals surface area contributed by atoms with Crippen LogP contribution in [0.4, 0.5) is 0 Å². The lowest BCUT2D eigenvalue weighted by atomic mass is 9.88. The average Bonchev–Trinajstić information content (AvgIpc) is 3.19. The molecule has 2 saturated heterocycles. The first kappa shape index (κ1) is 16.6. The SMILES string of the molecule is Cc1ccc(CN2CCC3(CCC(C(=O)NCC4CC4)O3)CC2)s1. The van der Waals surface area contributed by atoms with Gasteiger partial charge in [0.2, 0.25) is 5.91 Å². The standard InChI is InChI=1S/C19H28N2O2S/c1-14-2-5-16(24-14)13-21-10-8-19(9-11-21)7-6-17(23-19)18(22)20-12-15-3-4-15/h2,5,15,17H,3-4,6-13H2,1H3,(H,20,22). The van der Waals surface area contributed by atoms with Gasteiger partial charge < -0.3 is 10.1 Å². The lowest BCUT2D eigenvalue weighted by Gasteiger charge is -2.38.